The molecule has 5 nitrogen and oxygen atoms in total. The van der Waals surface area contributed by atoms with Crippen LogP contribution in [-0.2, 0) is 11.3 Å². The van der Waals surface area contributed by atoms with E-state index in [0.29, 0.717) is 16.2 Å². The molecule has 0 fully saturated rings. The number of benzene rings is 2. The number of nitrogens with zero attached hydrogens (tertiary/aromatic N) is 3. The van der Waals surface area contributed by atoms with E-state index in [4.69, 9.17) is 4.42 Å². The number of thioether (sulfide) groups is 1. The van der Waals surface area contributed by atoms with E-state index in [2.05, 4.69) is 9.97 Å². The Morgan fingerprint density at radius 3 is 2.78 bits per heavy atom. The SMILES string of the molecule is CN(Cc1ccccc1F)C(=O)CSc1ncnc2c1oc1ccccc12. The van der Waals surface area contributed by atoms with E-state index in [-0.39, 0.29) is 24.0 Å². The molecule has 4 aromatic rings. The van der Waals surface area contributed by atoms with Crippen molar-refractivity contribution in [1.29, 1.82) is 0 Å². The van der Waals surface area contributed by atoms with Crippen LogP contribution >= 0.6 is 11.8 Å². The van der Waals surface area contributed by atoms with Crippen LogP contribution in [0.15, 0.2) is 64.3 Å². The molecule has 136 valence electrons. The van der Waals surface area contributed by atoms with Crippen molar-refractivity contribution >= 4 is 39.7 Å². The summed E-state index contributed by atoms with van der Waals surface area (Å²) in [7, 11) is 1.66. The Morgan fingerprint density at radius 2 is 1.93 bits per heavy atom. The monoisotopic (exact) mass is 381 g/mol. The zero-order valence-corrected chi connectivity index (χ0v) is 15.4. The first kappa shape index (κ1) is 17.5. The molecule has 2 aromatic heterocycles. The molecule has 0 aliphatic rings. The van der Waals surface area contributed by atoms with Gasteiger partial charge in [-0.1, -0.05) is 42.1 Å². The fourth-order valence-corrected chi connectivity index (χ4v) is 3.69. The Morgan fingerprint density at radius 1 is 1.15 bits per heavy atom. The van der Waals surface area contributed by atoms with Crippen LogP contribution in [0.25, 0.3) is 22.1 Å². The van der Waals surface area contributed by atoms with E-state index in [1.165, 1.54) is 29.1 Å². The van der Waals surface area contributed by atoms with Crippen molar-refractivity contribution in [2.75, 3.05) is 12.8 Å². The minimum Gasteiger partial charge on any atom is -0.451 e. The van der Waals surface area contributed by atoms with E-state index < -0.39 is 0 Å². The van der Waals surface area contributed by atoms with E-state index in [1.54, 1.807) is 25.2 Å². The third kappa shape index (κ3) is 3.50. The molecule has 0 spiro atoms. The normalized spacial score (nSPS) is 11.2. The quantitative estimate of drug-likeness (QED) is 0.382. The molecule has 0 unspecified atom stereocenters. The standard InChI is InChI=1S/C20H16FN3O2S/c1-24(10-13-6-2-4-8-15(13)21)17(25)11-27-20-19-18(22-12-23-20)14-7-3-5-9-16(14)26-19/h2-9,12H,10-11H2,1H3. The van der Waals surface area contributed by atoms with E-state index in [1.807, 2.05) is 24.3 Å². The molecule has 0 radical (unpaired) electrons. The maximum absolute atomic E-state index is 13.8. The van der Waals surface area contributed by atoms with Crippen molar-refractivity contribution in [3.05, 3.63) is 66.2 Å². The van der Waals surface area contributed by atoms with Gasteiger partial charge in [-0.3, -0.25) is 4.79 Å². The predicted molar refractivity (Wildman–Crippen MR) is 103 cm³/mol. The Labute approximate surface area is 159 Å². The highest BCUT2D eigenvalue weighted by molar-refractivity contribution is 8.00. The summed E-state index contributed by atoms with van der Waals surface area (Å²) < 4.78 is 19.6. The predicted octanol–water partition coefficient (Wildman–Crippen LogP) is 4.27. The summed E-state index contributed by atoms with van der Waals surface area (Å²) >= 11 is 1.29. The molecule has 27 heavy (non-hydrogen) atoms. The van der Waals surface area contributed by atoms with Gasteiger partial charge >= 0.3 is 0 Å². The second-order valence-electron chi connectivity index (χ2n) is 6.08. The van der Waals surface area contributed by atoms with E-state index in [0.717, 1.165) is 16.5 Å². The maximum Gasteiger partial charge on any atom is 0.233 e. The van der Waals surface area contributed by atoms with Crippen LogP contribution in [0.2, 0.25) is 0 Å². The minimum absolute atomic E-state index is 0.119. The van der Waals surface area contributed by atoms with Crippen LogP contribution in [0.4, 0.5) is 4.39 Å². The first-order chi connectivity index (χ1) is 13.1. The number of fused-ring (bicyclic) bond motifs is 3. The number of aromatic nitrogens is 2. The van der Waals surface area contributed by atoms with Gasteiger partial charge in [0.1, 0.15) is 28.3 Å². The van der Waals surface area contributed by atoms with Crippen molar-refractivity contribution in [3.8, 4) is 0 Å². The molecular formula is C20H16FN3O2S. The number of para-hydroxylation sites is 1. The number of amides is 1. The molecule has 0 atom stereocenters. The van der Waals surface area contributed by atoms with Crippen LogP contribution < -0.4 is 0 Å². The van der Waals surface area contributed by atoms with Gasteiger partial charge in [0.2, 0.25) is 5.91 Å². The Bertz CT molecular complexity index is 1130. The number of hydrogen-bond acceptors (Lipinski definition) is 5. The van der Waals surface area contributed by atoms with Gasteiger partial charge in [-0.15, -0.1) is 0 Å². The number of carbonyl (C=O) groups is 1. The van der Waals surface area contributed by atoms with Gasteiger partial charge in [0.05, 0.1) is 5.75 Å². The number of hydrogen-bond donors (Lipinski definition) is 0. The Hall–Kier alpha value is -2.93. The molecule has 0 saturated heterocycles. The number of halogens is 1. The average Bonchev–Trinajstić information content (AvgIpc) is 3.07. The highest BCUT2D eigenvalue weighted by Crippen LogP contribution is 2.32. The van der Waals surface area contributed by atoms with Crippen LogP contribution in [0, 0.1) is 5.82 Å². The summed E-state index contributed by atoms with van der Waals surface area (Å²) in [6, 6.07) is 14.1. The lowest BCUT2D eigenvalue weighted by Crippen LogP contribution is -2.28. The summed E-state index contributed by atoms with van der Waals surface area (Å²) in [6.45, 7) is 0.218. The van der Waals surface area contributed by atoms with Crippen LogP contribution in [0.5, 0.6) is 0 Å². The van der Waals surface area contributed by atoms with Gasteiger partial charge in [0, 0.05) is 24.5 Å². The summed E-state index contributed by atoms with van der Waals surface area (Å²) in [4.78, 5) is 22.5. The summed E-state index contributed by atoms with van der Waals surface area (Å²) in [5, 5.41) is 1.53. The fraction of sp³-hybridized carbons (Fsp3) is 0.150. The third-order valence-electron chi connectivity index (χ3n) is 4.25. The zero-order valence-electron chi connectivity index (χ0n) is 14.6. The smallest absolute Gasteiger partial charge is 0.233 e. The lowest BCUT2D eigenvalue weighted by molar-refractivity contribution is -0.127. The van der Waals surface area contributed by atoms with Crippen LogP contribution in [0.3, 0.4) is 0 Å². The number of furan rings is 1. The van der Waals surface area contributed by atoms with Crippen molar-refractivity contribution in [3.63, 3.8) is 0 Å². The third-order valence-corrected chi connectivity index (χ3v) is 5.20. The molecule has 7 heteroatoms. The van der Waals surface area contributed by atoms with Crippen molar-refractivity contribution in [2.24, 2.45) is 0 Å². The van der Waals surface area contributed by atoms with Gasteiger partial charge in [-0.25, -0.2) is 14.4 Å². The van der Waals surface area contributed by atoms with Gasteiger partial charge in [0.15, 0.2) is 5.58 Å². The lowest BCUT2D eigenvalue weighted by atomic mass is 10.2. The molecule has 0 saturated carbocycles. The summed E-state index contributed by atoms with van der Waals surface area (Å²) in [6.07, 6.45) is 1.47. The van der Waals surface area contributed by atoms with Crippen LogP contribution in [0.1, 0.15) is 5.56 Å². The molecule has 0 aliphatic heterocycles. The van der Waals surface area contributed by atoms with Crippen molar-refractivity contribution < 1.29 is 13.6 Å². The molecule has 2 aromatic carbocycles. The number of carbonyl (C=O) groups excluding carboxylic acids is 1. The average molecular weight is 381 g/mol. The molecule has 1 amide bonds. The molecule has 0 N–H and O–H groups in total. The van der Waals surface area contributed by atoms with Crippen molar-refractivity contribution in [2.45, 2.75) is 11.6 Å². The number of rotatable bonds is 5. The summed E-state index contributed by atoms with van der Waals surface area (Å²) in [5.41, 5.74) is 2.53. The van der Waals surface area contributed by atoms with Gasteiger partial charge in [0.25, 0.3) is 0 Å². The van der Waals surface area contributed by atoms with Gasteiger partial charge in [-0.2, -0.15) is 0 Å². The minimum atomic E-state index is -0.315. The fourth-order valence-electron chi connectivity index (χ4n) is 2.82. The maximum atomic E-state index is 13.8. The molecule has 0 aliphatic carbocycles. The Kier molecular flexibility index (Phi) is 4.77. The highest BCUT2D eigenvalue weighted by Gasteiger charge is 2.16. The molecule has 4 rings (SSSR count). The molecule has 0 bridgehead atoms. The van der Waals surface area contributed by atoms with Crippen LogP contribution in [-0.4, -0.2) is 33.6 Å². The second kappa shape index (κ2) is 7.36. The Balaban J connectivity index is 1.50. The van der Waals surface area contributed by atoms with Gasteiger partial charge < -0.3 is 9.32 Å². The zero-order chi connectivity index (χ0) is 18.8. The first-order valence-corrected chi connectivity index (χ1v) is 9.34. The first-order valence-electron chi connectivity index (χ1n) is 8.36. The topological polar surface area (TPSA) is 59.2 Å². The molecular weight excluding hydrogens is 365 g/mol. The van der Waals surface area contributed by atoms with Crippen molar-refractivity contribution in [1.82, 2.24) is 14.9 Å². The summed E-state index contributed by atoms with van der Waals surface area (Å²) in [5.74, 6) is -0.260. The lowest BCUT2D eigenvalue weighted by Gasteiger charge is -2.17. The van der Waals surface area contributed by atoms with Gasteiger partial charge in [-0.05, 0) is 18.2 Å². The largest absolute Gasteiger partial charge is 0.451 e. The van der Waals surface area contributed by atoms with E-state index >= 15 is 0 Å². The second-order valence-corrected chi connectivity index (χ2v) is 7.05. The highest BCUT2D eigenvalue weighted by atomic mass is 32.2. The van der Waals surface area contributed by atoms with E-state index in [9.17, 15) is 9.18 Å². The molecule has 2 heterocycles.